The van der Waals surface area contributed by atoms with Crippen molar-refractivity contribution in [3.05, 3.63) is 125 Å². The molecular weight excluding hydrogens is 618 g/mol. The Hall–Kier alpha value is -4.28. The average Bonchev–Trinajstić information content (AvgIpc) is 3.44. The van der Waals surface area contributed by atoms with Gasteiger partial charge in [-0.05, 0) is 55.3 Å². The Balaban J connectivity index is 1.59. The van der Waals surface area contributed by atoms with Crippen LogP contribution >= 0.6 is 27.3 Å². The summed E-state index contributed by atoms with van der Waals surface area (Å²) in [5, 5.41) is 0. The monoisotopic (exact) mass is 643 g/mol. The molecule has 1 atom stereocenters. The molecule has 2 aliphatic heterocycles. The fourth-order valence-corrected chi connectivity index (χ4v) is 6.89. The number of carbonyl (C=O) groups excluding carboxylic acids is 2. The normalized spacial score (nSPS) is 17.1. The predicted octanol–water partition coefficient (Wildman–Crippen LogP) is 4.49. The molecule has 1 amide bonds. The third-order valence-electron chi connectivity index (χ3n) is 7.31. The van der Waals surface area contributed by atoms with Crippen LogP contribution in [0.2, 0.25) is 0 Å². The highest BCUT2D eigenvalue weighted by Gasteiger charge is 2.37. The largest absolute Gasteiger partial charge is 0.497 e. The predicted molar refractivity (Wildman–Crippen MR) is 164 cm³/mol. The second-order valence-corrected chi connectivity index (χ2v) is 11.7. The van der Waals surface area contributed by atoms with Gasteiger partial charge in [0.1, 0.15) is 10.3 Å². The summed E-state index contributed by atoms with van der Waals surface area (Å²) in [6, 6.07) is 21.7. The fourth-order valence-electron chi connectivity index (χ4n) is 5.39. The maximum Gasteiger partial charge on any atom is 0.338 e. The van der Waals surface area contributed by atoms with Crippen LogP contribution in [0.3, 0.4) is 0 Å². The Kier molecular flexibility index (Phi) is 7.42. The first kappa shape index (κ1) is 27.9. The van der Waals surface area contributed by atoms with Gasteiger partial charge in [0.2, 0.25) is 0 Å². The summed E-state index contributed by atoms with van der Waals surface area (Å²) in [7, 11) is 1.57. The van der Waals surface area contributed by atoms with Crippen molar-refractivity contribution in [2.24, 2.45) is 4.99 Å². The van der Waals surface area contributed by atoms with Crippen molar-refractivity contribution in [1.29, 1.82) is 0 Å². The molecule has 0 bridgehead atoms. The highest BCUT2D eigenvalue weighted by atomic mass is 79.9. The fraction of sp³-hybridized carbons (Fsp3) is 0.188. The van der Waals surface area contributed by atoms with E-state index in [0.29, 0.717) is 39.5 Å². The van der Waals surface area contributed by atoms with E-state index in [9.17, 15) is 14.4 Å². The highest BCUT2D eigenvalue weighted by Crippen LogP contribution is 2.38. The number of thiazole rings is 1. The molecule has 1 aromatic heterocycles. The van der Waals surface area contributed by atoms with Crippen molar-refractivity contribution in [3.8, 4) is 5.75 Å². The van der Waals surface area contributed by atoms with Crippen LogP contribution in [0.4, 0.5) is 5.69 Å². The van der Waals surface area contributed by atoms with E-state index in [1.807, 2.05) is 60.7 Å². The lowest BCUT2D eigenvalue weighted by Gasteiger charge is -2.24. The molecule has 3 heterocycles. The van der Waals surface area contributed by atoms with Gasteiger partial charge in [-0.2, -0.15) is 0 Å². The van der Waals surface area contributed by atoms with E-state index in [1.54, 1.807) is 38.0 Å². The maximum absolute atomic E-state index is 14.4. The van der Waals surface area contributed by atoms with E-state index < -0.39 is 17.6 Å². The Bertz CT molecular complexity index is 1940. The van der Waals surface area contributed by atoms with Crippen LogP contribution in [0, 0.1) is 0 Å². The van der Waals surface area contributed by atoms with Gasteiger partial charge in [-0.1, -0.05) is 69.7 Å². The molecular formula is C32H26BrN3O5S. The SMILES string of the molecule is CCOC(=O)C1=C(C)N=c2s/c(=C3\C(=O)N(Cc4ccccc4)c4ccc(Br)cc43)c(=O)n2[C@H]1c1ccc(OC)cc1. The molecule has 0 saturated heterocycles. The highest BCUT2D eigenvalue weighted by molar-refractivity contribution is 9.10. The first-order valence-corrected chi connectivity index (χ1v) is 14.9. The number of nitrogens with zero attached hydrogens (tertiary/aromatic N) is 3. The molecule has 2 aliphatic rings. The second-order valence-electron chi connectivity index (χ2n) is 9.81. The summed E-state index contributed by atoms with van der Waals surface area (Å²) >= 11 is 4.69. The number of methoxy groups -OCH3 is 1. The van der Waals surface area contributed by atoms with Gasteiger partial charge in [-0.3, -0.25) is 14.2 Å². The molecule has 0 fully saturated rings. The zero-order chi connectivity index (χ0) is 29.5. The zero-order valence-electron chi connectivity index (χ0n) is 23.1. The van der Waals surface area contributed by atoms with Crippen molar-refractivity contribution in [3.63, 3.8) is 0 Å². The van der Waals surface area contributed by atoms with Gasteiger partial charge in [-0.25, -0.2) is 9.79 Å². The molecule has 0 saturated carbocycles. The number of hydrogen-bond donors (Lipinski definition) is 0. The molecule has 0 spiro atoms. The summed E-state index contributed by atoms with van der Waals surface area (Å²) in [4.78, 5) is 48.4. The summed E-state index contributed by atoms with van der Waals surface area (Å²) in [6.07, 6.45) is 0. The van der Waals surface area contributed by atoms with E-state index in [0.717, 1.165) is 27.1 Å². The lowest BCUT2D eigenvalue weighted by molar-refractivity contribution is -0.139. The van der Waals surface area contributed by atoms with Crippen LogP contribution in [-0.2, 0) is 20.9 Å². The minimum absolute atomic E-state index is 0.178. The molecule has 0 aliphatic carbocycles. The number of esters is 1. The van der Waals surface area contributed by atoms with Gasteiger partial charge >= 0.3 is 5.97 Å². The summed E-state index contributed by atoms with van der Waals surface area (Å²) in [5.74, 6) is -0.165. The first-order valence-electron chi connectivity index (χ1n) is 13.3. The Morgan fingerprint density at radius 2 is 1.79 bits per heavy atom. The van der Waals surface area contributed by atoms with Crippen LogP contribution in [0.1, 0.15) is 36.6 Å². The number of fused-ring (bicyclic) bond motifs is 2. The Morgan fingerprint density at radius 1 is 1.05 bits per heavy atom. The van der Waals surface area contributed by atoms with Crippen molar-refractivity contribution >= 4 is 50.4 Å². The van der Waals surface area contributed by atoms with Crippen LogP contribution in [0.25, 0.3) is 5.57 Å². The van der Waals surface area contributed by atoms with Crippen molar-refractivity contribution < 1.29 is 19.1 Å². The van der Waals surface area contributed by atoms with Crippen molar-refractivity contribution in [2.75, 3.05) is 18.6 Å². The van der Waals surface area contributed by atoms with E-state index in [1.165, 1.54) is 4.57 Å². The quantitative estimate of drug-likeness (QED) is 0.289. The molecule has 0 unspecified atom stereocenters. The van der Waals surface area contributed by atoms with Crippen LogP contribution in [0.5, 0.6) is 5.75 Å². The van der Waals surface area contributed by atoms with Gasteiger partial charge in [0.05, 0.1) is 48.8 Å². The smallest absolute Gasteiger partial charge is 0.338 e. The molecule has 42 heavy (non-hydrogen) atoms. The van der Waals surface area contributed by atoms with Gasteiger partial charge < -0.3 is 14.4 Å². The van der Waals surface area contributed by atoms with E-state index in [4.69, 9.17) is 9.47 Å². The van der Waals surface area contributed by atoms with Crippen LogP contribution < -0.4 is 24.5 Å². The molecule has 10 heteroatoms. The number of rotatable bonds is 6. The van der Waals surface area contributed by atoms with Gasteiger partial charge in [0.25, 0.3) is 11.5 Å². The number of anilines is 1. The topological polar surface area (TPSA) is 90.2 Å². The number of carbonyl (C=O) groups is 2. The Morgan fingerprint density at radius 3 is 2.48 bits per heavy atom. The molecule has 4 aromatic rings. The van der Waals surface area contributed by atoms with Crippen molar-refractivity contribution in [2.45, 2.75) is 26.4 Å². The number of ether oxygens (including phenoxy) is 2. The number of aromatic nitrogens is 1. The van der Waals surface area contributed by atoms with Gasteiger partial charge in [0, 0.05) is 10.0 Å². The van der Waals surface area contributed by atoms with E-state index >= 15 is 0 Å². The molecule has 3 aromatic carbocycles. The van der Waals surface area contributed by atoms with E-state index in [-0.39, 0.29) is 22.6 Å². The third-order valence-corrected chi connectivity index (χ3v) is 8.86. The molecule has 212 valence electrons. The minimum Gasteiger partial charge on any atom is -0.497 e. The van der Waals surface area contributed by atoms with Crippen molar-refractivity contribution in [1.82, 2.24) is 4.57 Å². The van der Waals surface area contributed by atoms with Gasteiger partial charge in [-0.15, -0.1) is 0 Å². The molecule has 0 N–H and O–H groups in total. The maximum atomic E-state index is 14.4. The summed E-state index contributed by atoms with van der Waals surface area (Å²) in [6.45, 7) is 4.00. The lowest BCUT2D eigenvalue weighted by Crippen LogP contribution is -2.41. The van der Waals surface area contributed by atoms with Crippen LogP contribution in [0.15, 0.2) is 98.3 Å². The molecule has 6 rings (SSSR count). The zero-order valence-corrected chi connectivity index (χ0v) is 25.5. The summed E-state index contributed by atoms with van der Waals surface area (Å²) < 4.78 is 13.3. The number of hydrogen-bond acceptors (Lipinski definition) is 7. The number of amides is 1. The summed E-state index contributed by atoms with van der Waals surface area (Å²) in [5.41, 5.74) is 3.70. The van der Waals surface area contributed by atoms with Crippen LogP contribution in [-0.4, -0.2) is 30.2 Å². The number of benzene rings is 3. The third kappa shape index (κ3) is 4.70. The Labute approximate surface area is 254 Å². The first-order chi connectivity index (χ1) is 20.3. The second kappa shape index (κ2) is 11.2. The number of halogens is 1. The number of allylic oxidation sites excluding steroid dienone is 1. The standard InChI is InChI=1S/C32H26BrN3O5S/c1-4-41-31(39)25-18(2)34-32-36(27(25)20-10-13-22(40-3)14-11-20)30(38)28(42-32)26-23-16-21(33)12-15-24(23)35(29(26)37)17-19-8-6-5-7-9-19/h5-16,27H,4,17H2,1-3H3/b28-26-/t27-/m0/s1. The lowest BCUT2D eigenvalue weighted by atomic mass is 9.96. The van der Waals surface area contributed by atoms with E-state index in [2.05, 4.69) is 20.9 Å². The van der Waals surface area contributed by atoms with Gasteiger partial charge in [0.15, 0.2) is 4.80 Å². The average molecular weight is 645 g/mol. The minimum atomic E-state index is -0.792. The molecule has 8 nitrogen and oxygen atoms in total. The molecule has 0 radical (unpaired) electrons.